The number of benzene rings is 1. The normalized spacial score (nSPS) is 11.0. The number of hydrogen-bond donors (Lipinski definition) is 2. The van der Waals surface area contributed by atoms with E-state index in [2.05, 4.69) is 20.3 Å². The van der Waals surface area contributed by atoms with E-state index in [4.69, 9.17) is 10.2 Å². The summed E-state index contributed by atoms with van der Waals surface area (Å²) in [5.41, 5.74) is 10.3. The molecule has 3 aromatic heterocycles. The van der Waals surface area contributed by atoms with Crippen molar-refractivity contribution in [1.29, 1.82) is 0 Å². The molecule has 0 fully saturated rings. The lowest BCUT2D eigenvalue weighted by Crippen LogP contribution is -2.19. The summed E-state index contributed by atoms with van der Waals surface area (Å²) in [5.74, 6) is 0.447. The molecule has 0 aliphatic rings. The number of rotatable bonds is 4. The molecule has 0 aliphatic carbocycles. The van der Waals surface area contributed by atoms with Crippen molar-refractivity contribution in [3.63, 3.8) is 0 Å². The maximum atomic E-state index is 12.5. The largest absolute Gasteiger partial charge is 0.463 e. The Bertz CT molecular complexity index is 1130. The number of nitrogen functional groups attached to an aromatic ring is 1. The lowest BCUT2D eigenvalue weighted by Gasteiger charge is -2.10. The smallest absolute Gasteiger partial charge is 0.244 e. The zero-order valence-electron chi connectivity index (χ0n) is 14.9. The monoisotopic (exact) mass is 362 g/mol. The molecule has 0 spiro atoms. The first-order chi connectivity index (χ1) is 13.0. The third-order valence-corrected chi connectivity index (χ3v) is 4.21. The van der Waals surface area contributed by atoms with Gasteiger partial charge in [-0.1, -0.05) is 17.7 Å². The Morgan fingerprint density at radius 2 is 2.11 bits per heavy atom. The molecule has 0 saturated heterocycles. The van der Waals surface area contributed by atoms with Gasteiger partial charge in [-0.3, -0.25) is 4.79 Å². The van der Waals surface area contributed by atoms with Gasteiger partial charge in [-0.15, -0.1) is 0 Å². The minimum atomic E-state index is -0.182. The predicted octanol–water partition coefficient (Wildman–Crippen LogP) is 2.92. The Morgan fingerprint density at radius 3 is 2.85 bits per heavy atom. The van der Waals surface area contributed by atoms with Gasteiger partial charge in [0.15, 0.2) is 11.4 Å². The minimum absolute atomic E-state index is 0.0534. The summed E-state index contributed by atoms with van der Waals surface area (Å²) in [4.78, 5) is 25.3. The standard InChI is InChI=1S/C19H18N6O2/c1-11-5-6-13(12(2)8-11)22-15(26)9-25-10-21-17-16(14-4-3-7-27-14)23-19(20)24-18(17)25/h3-8,10H,9H2,1-2H3,(H,22,26)(H2,20,23,24). The molecule has 4 aromatic rings. The first-order valence-electron chi connectivity index (χ1n) is 8.40. The van der Waals surface area contributed by atoms with Gasteiger partial charge >= 0.3 is 0 Å². The second-order valence-corrected chi connectivity index (χ2v) is 6.32. The van der Waals surface area contributed by atoms with Crippen LogP contribution in [0.2, 0.25) is 0 Å². The first kappa shape index (κ1) is 16.8. The van der Waals surface area contributed by atoms with Crippen LogP contribution in [0.15, 0.2) is 47.3 Å². The van der Waals surface area contributed by atoms with Crippen molar-refractivity contribution >= 4 is 28.7 Å². The number of nitrogens with zero attached hydrogens (tertiary/aromatic N) is 4. The van der Waals surface area contributed by atoms with Gasteiger partial charge in [-0.05, 0) is 37.6 Å². The molecular formula is C19H18N6O2. The fraction of sp³-hybridized carbons (Fsp3) is 0.158. The number of aromatic nitrogens is 4. The van der Waals surface area contributed by atoms with Crippen LogP contribution >= 0.6 is 0 Å². The van der Waals surface area contributed by atoms with Crippen LogP contribution in [0.5, 0.6) is 0 Å². The van der Waals surface area contributed by atoms with Crippen molar-refractivity contribution < 1.29 is 9.21 Å². The molecular weight excluding hydrogens is 344 g/mol. The van der Waals surface area contributed by atoms with Crippen LogP contribution in [0.3, 0.4) is 0 Å². The number of imidazole rings is 1. The highest BCUT2D eigenvalue weighted by Crippen LogP contribution is 2.26. The molecule has 4 rings (SSSR count). The van der Waals surface area contributed by atoms with E-state index in [0.29, 0.717) is 22.6 Å². The van der Waals surface area contributed by atoms with Crippen molar-refractivity contribution in [3.8, 4) is 11.5 Å². The Morgan fingerprint density at radius 1 is 1.26 bits per heavy atom. The van der Waals surface area contributed by atoms with Crippen molar-refractivity contribution in [2.75, 3.05) is 11.1 Å². The van der Waals surface area contributed by atoms with Crippen LogP contribution in [0, 0.1) is 13.8 Å². The van der Waals surface area contributed by atoms with E-state index in [-0.39, 0.29) is 18.4 Å². The summed E-state index contributed by atoms with van der Waals surface area (Å²) >= 11 is 0. The Labute approximate surface area is 155 Å². The van der Waals surface area contributed by atoms with Crippen LogP contribution in [0.4, 0.5) is 11.6 Å². The third-order valence-electron chi connectivity index (χ3n) is 4.21. The zero-order valence-corrected chi connectivity index (χ0v) is 14.9. The van der Waals surface area contributed by atoms with E-state index in [9.17, 15) is 4.79 Å². The molecule has 0 saturated carbocycles. The molecule has 0 aliphatic heterocycles. The molecule has 8 heteroatoms. The molecule has 0 bridgehead atoms. The Kier molecular flexibility index (Phi) is 4.08. The number of fused-ring (bicyclic) bond motifs is 1. The summed E-state index contributed by atoms with van der Waals surface area (Å²) < 4.78 is 7.04. The highest BCUT2D eigenvalue weighted by atomic mass is 16.3. The van der Waals surface area contributed by atoms with E-state index in [1.54, 1.807) is 29.3 Å². The molecule has 8 nitrogen and oxygen atoms in total. The molecule has 136 valence electrons. The summed E-state index contributed by atoms with van der Waals surface area (Å²) in [6.45, 7) is 4.02. The van der Waals surface area contributed by atoms with Crippen LogP contribution < -0.4 is 11.1 Å². The summed E-state index contributed by atoms with van der Waals surface area (Å²) in [5, 5.41) is 2.92. The average molecular weight is 362 g/mol. The maximum absolute atomic E-state index is 12.5. The van der Waals surface area contributed by atoms with Gasteiger partial charge in [0.1, 0.15) is 17.8 Å². The number of amides is 1. The van der Waals surface area contributed by atoms with E-state index < -0.39 is 0 Å². The highest BCUT2D eigenvalue weighted by molar-refractivity contribution is 5.93. The van der Waals surface area contributed by atoms with E-state index >= 15 is 0 Å². The zero-order chi connectivity index (χ0) is 19.0. The van der Waals surface area contributed by atoms with Gasteiger partial charge in [0.2, 0.25) is 11.9 Å². The molecule has 1 aromatic carbocycles. The number of anilines is 2. The van der Waals surface area contributed by atoms with Gasteiger partial charge in [0.05, 0.1) is 12.6 Å². The number of nitrogens with two attached hydrogens (primary N) is 1. The maximum Gasteiger partial charge on any atom is 0.244 e. The SMILES string of the molecule is Cc1ccc(NC(=O)Cn2cnc3c(-c4ccco4)nc(N)nc32)c(C)c1. The van der Waals surface area contributed by atoms with Crippen molar-refractivity contribution in [1.82, 2.24) is 19.5 Å². The topological polar surface area (TPSA) is 112 Å². The van der Waals surface area contributed by atoms with Crippen LogP contribution in [0.1, 0.15) is 11.1 Å². The lowest BCUT2D eigenvalue weighted by molar-refractivity contribution is -0.116. The Balaban J connectivity index is 1.63. The quantitative estimate of drug-likeness (QED) is 0.577. The fourth-order valence-electron chi connectivity index (χ4n) is 2.96. The molecule has 0 atom stereocenters. The third kappa shape index (κ3) is 3.24. The van der Waals surface area contributed by atoms with E-state index in [0.717, 1.165) is 16.8 Å². The number of aryl methyl sites for hydroxylation is 2. The second-order valence-electron chi connectivity index (χ2n) is 6.32. The van der Waals surface area contributed by atoms with E-state index in [1.807, 2.05) is 32.0 Å². The highest BCUT2D eigenvalue weighted by Gasteiger charge is 2.17. The van der Waals surface area contributed by atoms with Crippen LogP contribution in [-0.4, -0.2) is 25.4 Å². The van der Waals surface area contributed by atoms with Crippen molar-refractivity contribution in [2.45, 2.75) is 20.4 Å². The van der Waals surface area contributed by atoms with Gasteiger partial charge in [0.25, 0.3) is 0 Å². The number of furan rings is 1. The molecule has 3 N–H and O–H groups in total. The molecule has 3 heterocycles. The van der Waals surface area contributed by atoms with Gasteiger partial charge in [0, 0.05) is 5.69 Å². The summed E-state index contributed by atoms with van der Waals surface area (Å²) in [6.07, 6.45) is 3.10. The fourth-order valence-corrected chi connectivity index (χ4v) is 2.96. The summed E-state index contributed by atoms with van der Waals surface area (Å²) in [6, 6.07) is 9.40. The molecule has 0 unspecified atom stereocenters. The van der Waals surface area contributed by atoms with Crippen LogP contribution in [0.25, 0.3) is 22.6 Å². The first-order valence-corrected chi connectivity index (χ1v) is 8.40. The number of nitrogens with one attached hydrogen (secondary N) is 1. The second kappa shape index (κ2) is 6.56. The number of hydrogen-bond acceptors (Lipinski definition) is 6. The molecule has 1 amide bonds. The molecule has 0 radical (unpaired) electrons. The van der Waals surface area contributed by atoms with Crippen molar-refractivity contribution in [2.24, 2.45) is 0 Å². The van der Waals surface area contributed by atoms with E-state index in [1.165, 1.54) is 0 Å². The van der Waals surface area contributed by atoms with Gasteiger partial charge in [-0.2, -0.15) is 4.98 Å². The lowest BCUT2D eigenvalue weighted by atomic mass is 10.1. The predicted molar refractivity (Wildman–Crippen MR) is 102 cm³/mol. The summed E-state index contributed by atoms with van der Waals surface area (Å²) in [7, 11) is 0. The van der Waals surface area contributed by atoms with Crippen molar-refractivity contribution in [3.05, 3.63) is 54.0 Å². The Hall–Kier alpha value is -3.68. The molecule has 27 heavy (non-hydrogen) atoms. The average Bonchev–Trinajstić information content (AvgIpc) is 3.27. The number of carbonyl (C=O) groups excluding carboxylic acids is 1. The van der Waals surface area contributed by atoms with Gasteiger partial charge in [-0.25, -0.2) is 9.97 Å². The number of carbonyl (C=O) groups is 1. The minimum Gasteiger partial charge on any atom is -0.463 e. The van der Waals surface area contributed by atoms with Gasteiger partial charge < -0.3 is 20.0 Å². The van der Waals surface area contributed by atoms with Crippen LogP contribution in [-0.2, 0) is 11.3 Å².